The average molecular weight is 293 g/mol. The molecule has 102 valence electrons. The minimum atomic E-state index is -3.65. The molecule has 0 saturated carbocycles. The highest BCUT2D eigenvalue weighted by Crippen LogP contribution is 2.14. The summed E-state index contributed by atoms with van der Waals surface area (Å²) in [5.41, 5.74) is 0. The maximum Gasteiger partial charge on any atom is 0.274 e. The monoisotopic (exact) mass is 292 g/mol. The maximum atomic E-state index is 11.8. The summed E-state index contributed by atoms with van der Waals surface area (Å²) in [6, 6.07) is 3.05. The van der Waals surface area contributed by atoms with Crippen LogP contribution in [0.5, 0.6) is 0 Å². The summed E-state index contributed by atoms with van der Waals surface area (Å²) in [7, 11) is -3.65. The fourth-order valence-electron chi connectivity index (χ4n) is 1.23. The van der Waals surface area contributed by atoms with Crippen LogP contribution in [0.3, 0.4) is 0 Å². The molecule has 0 saturated heterocycles. The summed E-state index contributed by atoms with van der Waals surface area (Å²) >= 11 is 5.50. The van der Waals surface area contributed by atoms with Crippen LogP contribution in [0.15, 0.2) is 33.3 Å². The van der Waals surface area contributed by atoms with Gasteiger partial charge in [0.05, 0.1) is 6.54 Å². The van der Waals surface area contributed by atoms with E-state index in [1.807, 2.05) is 6.92 Å². The summed E-state index contributed by atoms with van der Waals surface area (Å²) in [6.07, 6.45) is 1.01. The molecule has 0 spiro atoms. The first-order valence-corrected chi connectivity index (χ1v) is 7.44. The van der Waals surface area contributed by atoms with Crippen molar-refractivity contribution in [2.24, 2.45) is 0 Å². The van der Waals surface area contributed by atoms with Gasteiger partial charge in [-0.1, -0.05) is 25.1 Å². The second-order valence-corrected chi connectivity index (χ2v) is 5.97. The standard InChI is InChI=1S/C11H17ClN2O3S/c1-3-6-13-8-10-4-5-11(17-10)18(15,16)14-7-9(2)12/h4-5,13-14H,2-3,6-8H2,1H3. The van der Waals surface area contributed by atoms with Gasteiger partial charge in [-0.2, -0.15) is 0 Å². The Hall–Kier alpha value is -0.820. The molecule has 0 fully saturated rings. The molecule has 0 bridgehead atoms. The third-order valence-electron chi connectivity index (χ3n) is 2.08. The van der Waals surface area contributed by atoms with E-state index in [2.05, 4.69) is 16.6 Å². The minimum Gasteiger partial charge on any atom is -0.447 e. The highest BCUT2D eigenvalue weighted by Gasteiger charge is 2.18. The van der Waals surface area contributed by atoms with Crippen molar-refractivity contribution in [1.82, 2.24) is 10.0 Å². The third-order valence-corrected chi connectivity index (χ3v) is 3.49. The van der Waals surface area contributed by atoms with Crippen molar-refractivity contribution in [1.29, 1.82) is 0 Å². The third kappa shape index (κ3) is 4.81. The van der Waals surface area contributed by atoms with E-state index in [-0.39, 0.29) is 16.7 Å². The molecule has 0 aliphatic rings. The molecule has 0 unspecified atom stereocenters. The predicted molar refractivity (Wildman–Crippen MR) is 70.9 cm³/mol. The van der Waals surface area contributed by atoms with Gasteiger partial charge >= 0.3 is 0 Å². The molecule has 0 aliphatic carbocycles. The number of nitrogens with one attached hydrogen (secondary N) is 2. The highest BCUT2D eigenvalue weighted by atomic mass is 35.5. The average Bonchev–Trinajstić information content (AvgIpc) is 2.76. The molecule has 5 nitrogen and oxygen atoms in total. The van der Waals surface area contributed by atoms with Gasteiger partial charge in [-0.3, -0.25) is 0 Å². The molecular formula is C11H17ClN2O3S. The number of hydrogen-bond donors (Lipinski definition) is 2. The van der Waals surface area contributed by atoms with Crippen molar-refractivity contribution in [3.8, 4) is 0 Å². The Morgan fingerprint density at radius 1 is 1.50 bits per heavy atom. The Labute approximate surface area is 112 Å². The second kappa shape index (κ2) is 6.94. The SMILES string of the molecule is C=C(Cl)CNS(=O)(=O)c1ccc(CNCCC)o1. The van der Waals surface area contributed by atoms with Gasteiger partial charge in [-0.25, -0.2) is 13.1 Å². The smallest absolute Gasteiger partial charge is 0.274 e. The number of rotatable bonds is 8. The van der Waals surface area contributed by atoms with Crippen molar-refractivity contribution >= 4 is 21.6 Å². The van der Waals surface area contributed by atoms with Crippen LogP contribution in [0.1, 0.15) is 19.1 Å². The topological polar surface area (TPSA) is 71.3 Å². The number of halogens is 1. The minimum absolute atomic E-state index is 0.0198. The van der Waals surface area contributed by atoms with Crippen LogP contribution in [0.4, 0.5) is 0 Å². The lowest BCUT2D eigenvalue weighted by Gasteiger charge is -2.02. The summed E-state index contributed by atoms with van der Waals surface area (Å²) in [4.78, 5) is 0. The lowest BCUT2D eigenvalue weighted by molar-refractivity contribution is 0.400. The van der Waals surface area contributed by atoms with Crippen molar-refractivity contribution in [2.75, 3.05) is 13.1 Å². The normalized spacial score (nSPS) is 11.7. The molecule has 18 heavy (non-hydrogen) atoms. The highest BCUT2D eigenvalue weighted by molar-refractivity contribution is 7.89. The Morgan fingerprint density at radius 3 is 2.83 bits per heavy atom. The molecule has 1 heterocycles. The molecule has 1 aromatic rings. The van der Waals surface area contributed by atoms with E-state index in [1.165, 1.54) is 6.07 Å². The van der Waals surface area contributed by atoms with E-state index in [0.717, 1.165) is 13.0 Å². The van der Waals surface area contributed by atoms with E-state index in [1.54, 1.807) is 6.07 Å². The summed E-state index contributed by atoms with van der Waals surface area (Å²) in [5, 5.41) is 3.22. The number of hydrogen-bond acceptors (Lipinski definition) is 4. The van der Waals surface area contributed by atoms with Gasteiger partial charge in [0, 0.05) is 11.6 Å². The lowest BCUT2D eigenvalue weighted by atomic mass is 10.4. The van der Waals surface area contributed by atoms with Crippen molar-refractivity contribution in [3.63, 3.8) is 0 Å². The van der Waals surface area contributed by atoms with Gasteiger partial charge in [0.2, 0.25) is 5.09 Å². The largest absolute Gasteiger partial charge is 0.447 e. The Balaban J connectivity index is 2.63. The summed E-state index contributed by atoms with van der Waals surface area (Å²) in [5.74, 6) is 0.577. The lowest BCUT2D eigenvalue weighted by Crippen LogP contribution is -2.24. The van der Waals surface area contributed by atoms with E-state index in [9.17, 15) is 8.42 Å². The zero-order valence-corrected chi connectivity index (χ0v) is 11.8. The number of sulfonamides is 1. The van der Waals surface area contributed by atoms with Crippen LogP contribution in [0.25, 0.3) is 0 Å². The van der Waals surface area contributed by atoms with E-state index >= 15 is 0 Å². The molecule has 1 rings (SSSR count). The molecule has 0 radical (unpaired) electrons. The van der Waals surface area contributed by atoms with Crippen molar-refractivity contribution in [2.45, 2.75) is 25.0 Å². The first-order chi connectivity index (χ1) is 8.45. The first-order valence-electron chi connectivity index (χ1n) is 5.58. The number of furan rings is 1. The van der Waals surface area contributed by atoms with Gasteiger partial charge in [-0.15, -0.1) is 0 Å². The molecular weight excluding hydrogens is 276 g/mol. The predicted octanol–water partition coefficient (Wildman–Crippen LogP) is 1.81. The molecule has 0 aromatic carbocycles. The van der Waals surface area contributed by atoms with Crippen LogP contribution in [-0.2, 0) is 16.6 Å². The van der Waals surface area contributed by atoms with Gasteiger partial charge in [-0.05, 0) is 25.1 Å². The van der Waals surface area contributed by atoms with E-state index in [0.29, 0.717) is 12.3 Å². The van der Waals surface area contributed by atoms with Crippen molar-refractivity contribution in [3.05, 3.63) is 29.5 Å². The van der Waals surface area contributed by atoms with Crippen LogP contribution in [0.2, 0.25) is 0 Å². The van der Waals surface area contributed by atoms with Gasteiger partial charge in [0.25, 0.3) is 10.0 Å². The summed E-state index contributed by atoms with van der Waals surface area (Å²) in [6.45, 7) is 6.79. The van der Waals surface area contributed by atoms with Gasteiger partial charge < -0.3 is 9.73 Å². The quantitative estimate of drug-likeness (QED) is 0.717. The molecule has 2 N–H and O–H groups in total. The molecule has 1 aromatic heterocycles. The fourth-order valence-corrected chi connectivity index (χ4v) is 2.35. The molecule has 0 aliphatic heterocycles. The Morgan fingerprint density at radius 2 is 2.22 bits per heavy atom. The molecule has 0 atom stereocenters. The van der Waals surface area contributed by atoms with Crippen LogP contribution in [0, 0.1) is 0 Å². The zero-order valence-electron chi connectivity index (χ0n) is 10.2. The first kappa shape index (κ1) is 15.2. The summed E-state index contributed by atoms with van der Waals surface area (Å²) < 4.78 is 31.0. The van der Waals surface area contributed by atoms with Crippen LogP contribution >= 0.6 is 11.6 Å². The Kier molecular flexibility index (Phi) is 5.87. The zero-order chi connectivity index (χ0) is 13.6. The maximum absolute atomic E-state index is 11.8. The van der Waals surface area contributed by atoms with Gasteiger partial charge in [0.15, 0.2) is 0 Å². The molecule has 0 amide bonds. The van der Waals surface area contributed by atoms with Crippen LogP contribution < -0.4 is 10.0 Å². The van der Waals surface area contributed by atoms with E-state index in [4.69, 9.17) is 16.0 Å². The van der Waals surface area contributed by atoms with Gasteiger partial charge in [0.1, 0.15) is 5.76 Å². The van der Waals surface area contributed by atoms with Crippen LogP contribution in [-0.4, -0.2) is 21.5 Å². The fraction of sp³-hybridized carbons (Fsp3) is 0.455. The Bertz CT molecular complexity index is 496. The van der Waals surface area contributed by atoms with E-state index < -0.39 is 10.0 Å². The molecule has 7 heteroatoms. The van der Waals surface area contributed by atoms with Crippen molar-refractivity contribution < 1.29 is 12.8 Å². The second-order valence-electron chi connectivity index (χ2n) is 3.74.